The summed E-state index contributed by atoms with van der Waals surface area (Å²) < 4.78 is 33.6. The molecule has 1 aliphatic heterocycles. The predicted molar refractivity (Wildman–Crippen MR) is 136 cm³/mol. The number of fused-ring (bicyclic) bond motifs is 1. The molecule has 40 heavy (non-hydrogen) atoms. The number of ether oxygens (including phenoxy) is 1. The number of hydrogen-bond donors (Lipinski definition) is 11. The molecule has 0 aliphatic carbocycles. The van der Waals surface area contributed by atoms with Crippen molar-refractivity contribution in [2.45, 2.75) is 31.5 Å². The van der Waals surface area contributed by atoms with Crippen molar-refractivity contribution in [1.82, 2.24) is 9.55 Å². The van der Waals surface area contributed by atoms with E-state index in [1.807, 2.05) is 30.3 Å². The Morgan fingerprint density at radius 2 is 1.32 bits per heavy atom. The largest absolute Gasteiger partial charge is 0.466 e. The molecule has 1 aliphatic rings. The van der Waals surface area contributed by atoms with E-state index in [-0.39, 0.29) is 5.56 Å². The fraction of sp³-hybridized carbons (Fsp3) is 0.263. The summed E-state index contributed by atoms with van der Waals surface area (Å²) in [7, 11) is -13.9. The maximum atomic E-state index is 12.9. The number of aliphatic hydroxyl groups is 2. The third-order valence-electron chi connectivity index (χ3n) is 4.68. The van der Waals surface area contributed by atoms with Crippen molar-refractivity contribution >= 4 is 34.2 Å². The molecule has 4 unspecified atom stereocenters. The van der Waals surface area contributed by atoms with E-state index in [0.717, 1.165) is 16.5 Å². The van der Waals surface area contributed by atoms with Gasteiger partial charge in [-0.1, -0.05) is 18.2 Å². The molecule has 0 bridgehead atoms. The van der Waals surface area contributed by atoms with Crippen LogP contribution in [0.5, 0.6) is 0 Å². The Labute approximate surface area is 224 Å². The number of pyridine rings is 2. The average Bonchev–Trinajstić information content (AvgIpc) is 3.04. The van der Waals surface area contributed by atoms with Gasteiger partial charge in [-0.05, 0) is 36.1 Å². The summed E-state index contributed by atoms with van der Waals surface area (Å²) >= 11 is 0. The molecule has 21 heteroatoms. The summed E-state index contributed by atoms with van der Waals surface area (Å²) in [5.74, 6) is 0. The van der Waals surface area contributed by atoms with E-state index in [1.54, 1.807) is 31.6 Å². The smallest absolute Gasteiger partial charge is 0.388 e. The van der Waals surface area contributed by atoms with Crippen molar-refractivity contribution in [3.8, 4) is 11.1 Å². The minimum atomic E-state index is -4.64. The third-order valence-corrected chi connectivity index (χ3v) is 4.68. The Bertz CT molecular complexity index is 1380. The van der Waals surface area contributed by atoms with Crippen molar-refractivity contribution in [3.05, 3.63) is 65.3 Å². The molecule has 0 saturated carbocycles. The first-order valence-corrected chi connectivity index (χ1v) is 15.2. The van der Waals surface area contributed by atoms with Crippen molar-refractivity contribution in [1.29, 1.82) is 0 Å². The molecule has 0 amide bonds. The van der Waals surface area contributed by atoms with E-state index >= 15 is 0 Å². The SMILES string of the molecule is CC1OC(n2ccc3ccc(-c4cccnc4)cc3c2=O)C(O)C1O.O=P(O)(O)O.O=P(O)(O)O.O=P(O)(O)O. The monoisotopic (exact) mass is 632 g/mol. The van der Waals surface area contributed by atoms with Crippen molar-refractivity contribution in [2.24, 2.45) is 0 Å². The average molecular weight is 632 g/mol. The molecule has 0 radical (unpaired) electrons. The molecular formula is C19H27N2O16P3. The summed E-state index contributed by atoms with van der Waals surface area (Å²) in [6, 6.07) is 11.2. The maximum absolute atomic E-state index is 12.9. The quantitative estimate of drug-likeness (QED) is 0.150. The highest BCUT2D eigenvalue weighted by Gasteiger charge is 2.41. The van der Waals surface area contributed by atoms with Crippen LogP contribution in [0.1, 0.15) is 13.2 Å². The van der Waals surface area contributed by atoms with Crippen LogP contribution in [0.2, 0.25) is 0 Å². The topological polar surface area (TPSA) is 318 Å². The lowest BCUT2D eigenvalue weighted by atomic mass is 10.0. The highest BCUT2D eigenvalue weighted by molar-refractivity contribution is 7.45. The van der Waals surface area contributed by atoms with Crippen LogP contribution in [-0.4, -0.2) is 82.1 Å². The molecule has 1 saturated heterocycles. The second kappa shape index (κ2) is 14.6. The zero-order chi connectivity index (χ0) is 31.1. The van der Waals surface area contributed by atoms with E-state index < -0.39 is 48.0 Å². The van der Waals surface area contributed by atoms with Gasteiger partial charge in [0, 0.05) is 29.5 Å². The summed E-state index contributed by atoms with van der Waals surface area (Å²) in [6.07, 6.45) is 1.43. The Hall–Kier alpha value is -2.21. The van der Waals surface area contributed by atoms with Gasteiger partial charge in [0.1, 0.15) is 12.2 Å². The van der Waals surface area contributed by atoms with E-state index in [9.17, 15) is 15.0 Å². The van der Waals surface area contributed by atoms with Crippen LogP contribution in [0.3, 0.4) is 0 Å². The van der Waals surface area contributed by atoms with E-state index in [0.29, 0.717) is 5.39 Å². The number of hydrogen-bond acceptors (Lipinski definition) is 8. The third kappa shape index (κ3) is 13.9. The second-order valence-electron chi connectivity index (χ2n) is 7.82. The second-order valence-corrected chi connectivity index (χ2v) is 10.9. The molecule has 11 N–H and O–H groups in total. The van der Waals surface area contributed by atoms with E-state index in [4.69, 9.17) is 62.5 Å². The standard InChI is InChI=1S/C19H18N2O4.3H3O4P/c1-11-16(22)17(23)19(25-11)21-8-6-12-4-5-13(9-15(12)18(21)24)14-3-2-7-20-10-14;3*1-5(2,3)4/h2-11,16-17,19,22-23H,1H3;3*(H3,1,2,3,4). The molecule has 1 aromatic carbocycles. The number of aliphatic hydroxyl groups excluding tert-OH is 2. The first-order valence-electron chi connectivity index (χ1n) is 10.5. The number of aromatic nitrogens is 2. The van der Waals surface area contributed by atoms with Gasteiger partial charge in [-0.2, -0.15) is 0 Å². The number of nitrogens with zero attached hydrogens (tertiary/aromatic N) is 2. The van der Waals surface area contributed by atoms with Gasteiger partial charge in [0.2, 0.25) is 0 Å². The highest BCUT2D eigenvalue weighted by atomic mass is 31.2. The van der Waals surface area contributed by atoms with E-state index in [1.165, 1.54) is 4.57 Å². The van der Waals surface area contributed by atoms with Gasteiger partial charge in [0.05, 0.1) is 6.10 Å². The molecule has 4 atom stereocenters. The van der Waals surface area contributed by atoms with Crippen LogP contribution in [0.15, 0.2) is 59.8 Å². The molecular weight excluding hydrogens is 605 g/mol. The van der Waals surface area contributed by atoms with Crippen LogP contribution < -0.4 is 5.56 Å². The molecule has 1 fully saturated rings. The zero-order valence-electron chi connectivity index (χ0n) is 20.2. The van der Waals surface area contributed by atoms with E-state index in [2.05, 4.69) is 4.98 Å². The molecule has 3 aromatic rings. The molecule has 224 valence electrons. The number of benzene rings is 1. The first kappa shape index (κ1) is 35.8. The van der Waals surface area contributed by atoms with Gasteiger partial charge in [-0.15, -0.1) is 0 Å². The van der Waals surface area contributed by atoms with Crippen LogP contribution in [0.25, 0.3) is 21.9 Å². The summed E-state index contributed by atoms with van der Waals surface area (Å²) in [4.78, 5) is 81.7. The Morgan fingerprint density at radius 3 is 1.75 bits per heavy atom. The van der Waals surface area contributed by atoms with Crippen molar-refractivity contribution in [3.63, 3.8) is 0 Å². The Balaban J connectivity index is 0.000000442. The van der Waals surface area contributed by atoms with Crippen LogP contribution in [-0.2, 0) is 18.4 Å². The van der Waals surface area contributed by atoms with Gasteiger partial charge in [0.15, 0.2) is 6.23 Å². The fourth-order valence-electron chi connectivity index (χ4n) is 3.23. The Kier molecular flexibility index (Phi) is 13.1. The van der Waals surface area contributed by atoms with Crippen LogP contribution >= 0.6 is 23.5 Å². The van der Waals surface area contributed by atoms with Gasteiger partial charge >= 0.3 is 23.5 Å². The van der Waals surface area contributed by atoms with Crippen LogP contribution in [0.4, 0.5) is 0 Å². The zero-order valence-corrected chi connectivity index (χ0v) is 22.9. The minimum Gasteiger partial charge on any atom is -0.388 e. The van der Waals surface area contributed by atoms with Crippen molar-refractivity contribution < 1.29 is 72.7 Å². The normalized spacial score (nSPS) is 20.8. The summed E-state index contributed by atoms with van der Waals surface area (Å²) in [6.45, 7) is 1.67. The van der Waals surface area contributed by atoms with Gasteiger partial charge in [-0.25, -0.2) is 13.7 Å². The fourth-order valence-corrected chi connectivity index (χ4v) is 3.23. The Morgan fingerprint density at radius 1 is 0.800 bits per heavy atom. The van der Waals surface area contributed by atoms with Crippen molar-refractivity contribution in [2.75, 3.05) is 0 Å². The highest BCUT2D eigenvalue weighted by Crippen LogP contribution is 2.29. The molecule has 0 spiro atoms. The van der Waals surface area contributed by atoms with Gasteiger partial charge in [0.25, 0.3) is 5.56 Å². The molecule has 3 heterocycles. The number of phosphoric acid groups is 3. The first-order chi connectivity index (χ1) is 18.1. The number of rotatable bonds is 2. The summed E-state index contributed by atoms with van der Waals surface area (Å²) in [5, 5.41) is 21.4. The van der Waals surface area contributed by atoms with Gasteiger partial charge < -0.3 is 59.0 Å². The maximum Gasteiger partial charge on any atom is 0.466 e. The lowest BCUT2D eigenvalue weighted by Crippen LogP contribution is -2.34. The molecule has 18 nitrogen and oxygen atoms in total. The summed E-state index contributed by atoms with van der Waals surface area (Å²) in [5.41, 5.74) is 1.53. The lowest BCUT2D eigenvalue weighted by molar-refractivity contribution is -0.0339. The minimum absolute atomic E-state index is 0.270. The molecule has 2 aromatic heterocycles. The van der Waals surface area contributed by atoms with Gasteiger partial charge in [-0.3, -0.25) is 14.3 Å². The predicted octanol–water partition coefficient (Wildman–Crippen LogP) is -1.08. The van der Waals surface area contributed by atoms with Crippen LogP contribution in [0, 0.1) is 0 Å². The lowest BCUT2D eigenvalue weighted by Gasteiger charge is -2.18. The molecule has 4 rings (SSSR count).